The van der Waals surface area contributed by atoms with Crippen LogP contribution >= 0.6 is 0 Å². The highest BCUT2D eigenvalue weighted by molar-refractivity contribution is 5.99. The predicted octanol–water partition coefficient (Wildman–Crippen LogP) is 1.17. The molecule has 0 aliphatic heterocycles. The Balaban J connectivity index is 2.88. The second-order valence-corrected chi connectivity index (χ2v) is 4.31. The normalized spacial score (nSPS) is 11.7. The largest absolute Gasteiger partial charge is 0.366 e. The van der Waals surface area contributed by atoms with Gasteiger partial charge in [-0.25, -0.2) is 0 Å². The van der Waals surface area contributed by atoms with Crippen molar-refractivity contribution >= 4 is 11.8 Å². The van der Waals surface area contributed by atoms with Crippen LogP contribution in [0.2, 0.25) is 0 Å². The molecule has 0 heterocycles. The molecule has 1 rings (SSSR count). The maximum Gasteiger partial charge on any atom is 0.252 e. The van der Waals surface area contributed by atoms with Gasteiger partial charge in [0.25, 0.3) is 5.91 Å². The van der Waals surface area contributed by atoms with Crippen molar-refractivity contribution in [2.75, 3.05) is 0 Å². The number of carbonyl (C=O) groups is 2. The molecule has 0 saturated heterocycles. The van der Waals surface area contributed by atoms with Crippen molar-refractivity contribution in [3.8, 4) is 12.3 Å². The van der Waals surface area contributed by atoms with Crippen LogP contribution in [0.25, 0.3) is 0 Å². The van der Waals surface area contributed by atoms with Crippen molar-refractivity contribution in [3.05, 3.63) is 35.4 Å². The Labute approximate surface area is 107 Å². The van der Waals surface area contributed by atoms with Crippen LogP contribution in [0.1, 0.15) is 34.6 Å². The van der Waals surface area contributed by atoms with Crippen molar-refractivity contribution < 1.29 is 9.59 Å². The smallest absolute Gasteiger partial charge is 0.252 e. The van der Waals surface area contributed by atoms with Gasteiger partial charge in [0.05, 0.1) is 6.04 Å². The lowest BCUT2D eigenvalue weighted by Crippen LogP contribution is -2.37. The Hall–Kier alpha value is -2.28. The lowest BCUT2D eigenvalue weighted by atomic mass is 10.0. The molecule has 0 bridgehead atoms. The number of terminal acetylenes is 1. The monoisotopic (exact) mass is 244 g/mol. The van der Waals surface area contributed by atoms with Gasteiger partial charge in [-0.15, -0.1) is 6.42 Å². The van der Waals surface area contributed by atoms with Crippen molar-refractivity contribution in [1.82, 2.24) is 5.32 Å². The topological polar surface area (TPSA) is 72.2 Å². The third-order valence-electron chi connectivity index (χ3n) is 2.54. The van der Waals surface area contributed by atoms with Crippen molar-refractivity contribution in [2.24, 2.45) is 11.7 Å². The molecular formula is C14H16N2O2. The maximum atomic E-state index is 11.9. The maximum absolute atomic E-state index is 11.9. The summed E-state index contributed by atoms with van der Waals surface area (Å²) in [6, 6.07) is 5.88. The summed E-state index contributed by atoms with van der Waals surface area (Å²) in [5.41, 5.74) is 5.82. The van der Waals surface area contributed by atoms with E-state index in [4.69, 9.17) is 12.2 Å². The molecule has 18 heavy (non-hydrogen) atoms. The number of primary amides is 1. The number of rotatable bonds is 4. The first-order chi connectivity index (χ1) is 8.45. The van der Waals surface area contributed by atoms with Crippen molar-refractivity contribution in [1.29, 1.82) is 0 Å². The quantitative estimate of drug-likeness (QED) is 0.780. The summed E-state index contributed by atoms with van der Waals surface area (Å²) in [5.74, 6) is 1.78. The van der Waals surface area contributed by atoms with Gasteiger partial charge in [0.2, 0.25) is 5.91 Å². The lowest BCUT2D eigenvalue weighted by Gasteiger charge is -2.16. The van der Waals surface area contributed by atoms with Crippen LogP contribution in [0.15, 0.2) is 24.3 Å². The van der Waals surface area contributed by atoms with Gasteiger partial charge in [0.1, 0.15) is 0 Å². The summed E-state index contributed by atoms with van der Waals surface area (Å²) in [6.07, 6.45) is 5.34. The summed E-state index contributed by atoms with van der Waals surface area (Å²) in [5, 5.41) is 2.72. The molecule has 94 valence electrons. The first kappa shape index (κ1) is 13.8. The fourth-order valence-electron chi connectivity index (χ4n) is 1.44. The Bertz CT molecular complexity index is 501. The van der Waals surface area contributed by atoms with Gasteiger partial charge in [-0.1, -0.05) is 25.8 Å². The van der Waals surface area contributed by atoms with E-state index in [0.29, 0.717) is 11.1 Å². The molecule has 1 atom stereocenters. The van der Waals surface area contributed by atoms with Crippen LogP contribution in [0.3, 0.4) is 0 Å². The minimum absolute atomic E-state index is 0.137. The van der Waals surface area contributed by atoms with E-state index in [0.717, 1.165) is 0 Å². The number of amides is 2. The zero-order valence-corrected chi connectivity index (χ0v) is 10.4. The zero-order chi connectivity index (χ0) is 13.7. The summed E-state index contributed by atoms with van der Waals surface area (Å²) >= 11 is 0. The van der Waals surface area contributed by atoms with Crippen LogP contribution in [0.4, 0.5) is 0 Å². The average Bonchev–Trinajstić information content (AvgIpc) is 2.35. The summed E-state index contributed by atoms with van der Waals surface area (Å²) in [4.78, 5) is 23.0. The molecule has 0 aliphatic carbocycles. The first-order valence-electron chi connectivity index (χ1n) is 5.62. The van der Waals surface area contributed by atoms with Gasteiger partial charge in [0.15, 0.2) is 0 Å². The Morgan fingerprint density at radius 1 is 1.33 bits per heavy atom. The van der Waals surface area contributed by atoms with E-state index in [9.17, 15) is 9.59 Å². The fraction of sp³-hybridized carbons (Fsp3) is 0.286. The Morgan fingerprint density at radius 3 is 2.44 bits per heavy atom. The third kappa shape index (κ3) is 3.36. The number of nitrogens with two attached hydrogens (primary N) is 1. The minimum Gasteiger partial charge on any atom is -0.366 e. The number of benzene rings is 1. The molecule has 0 saturated carbocycles. The molecular weight excluding hydrogens is 228 g/mol. The SMILES string of the molecule is C#CC(NC(=O)c1cccc(C(N)=O)c1)C(C)C. The Morgan fingerprint density at radius 2 is 1.94 bits per heavy atom. The molecule has 4 heteroatoms. The molecule has 0 spiro atoms. The summed E-state index contributed by atoms with van der Waals surface area (Å²) in [7, 11) is 0. The van der Waals surface area contributed by atoms with E-state index < -0.39 is 5.91 Å². The van der Waals surface area contributed by atoms with Gasteiger partial charge >= 0.3 is 0 Å². The minimum atomic E-state index is -0.568. The van der Waals surface area contributed by atoms with Gasteiger partial charge in [-0.2, -0.15) is 0 Å². The number of hydrogen-bond acceptors (Lipinski definition) is 2. The fourth-order valence-corrected chi connectivity index (χ4v) is 1.44. The number of hydrogen-bond donors (Lipinski definition) is 2. The van der Waals surface area contributed by atoms with E-state index in [1.165, 1.54) is 6.07 Å². The van der Waals surface area contributed by atoms with E-state index in [1.54, 1.807) is 18.2 Å². The molecule has 0 aliphatic rings. The van der Waals surface area contributed by atoms with Gasteiger partial charge in [-0.05, 0) is 24.1 Å². The van der Waals surface area contributed by atoms with E-state index >= 15 is 0 Å². The molecule has 3 N–H and O–H groups in total. The number of carbonyl (C=O) groups excluding carboxylic acids is 2. The molecule has 2 amide bonds. The van der Waals surface area contributed by atoms with E-state index in [-0.39, 0.29) is 17.9 Å². The summed E-state index contributed by atoms with van der Waals surface area (Å²) < 4.78 is 0. The highest BCUT2D eigenvalue weighted by Crippen LogP contribution is 2.07. The summed E-state index contributed by atoms with van der Waals surface area (Å²) in [6.45, 7) is 3.84. The predicted molar refractivity (Wildman–Crippen MR) is 69.9 cm³/mol. The van der Waals surface area contributed by atoms with Crippen LogP contribution in [0.5, 0.6) is 0 Å². The third-order valence-corrected chi connectivity index (χ3v) is 2.54. The molecule has 0 radical (unpaired) electrons. The van der Waals surface area contributed by atoms with Crippen molar-refractivity contribution in [2.45, 2.75) is 19.9 Å². The number of nitrogens with one attached hydrogen (secondary N) is 1. The molecule has 1 aromatic rings. The highest BCUT2D eigenvalue weighted by atomic mass is 16.2. The molecule has 0 aromatic heterocycles. The standard InChI is InChI=1S/C14H16N2O2/c1-4-12(9(2)3)16-14(18)11-7-5-6-10(8-11)13(15)17/h1,5-9,12H,2-3H3,(H2,15,17)(H,16,18). The second kappa shape index (κ2) is 5.87. The van der Waals surface area contributed by atoms with E-state index in [2.05, 4.69) is 11.2 Å². The second-order valence-electron chi connectivity index (χ2n) is 4.31. The van der Waals surface area contributed by atoms with Gasteiger partial charge in [-0.3, -0.25) is 9.59 Å². The molecule has 1 aromatic carbocycles. The Kier molecular flexibility index (Phi) is 4.50. The molecule has 4 nitrogen and oxygen atoms in total. The first-order valence-corrected chi connectivity index (χ1v) is 5.62. The molecule has 0 fully saturated rings. The van der Waals surface area contributed by atoms with Crippen LogP contribution in [-0.4, -0.2) is 17.9 Å². The average molecular weight is 244 g/mol. The van der Waals surface area contributed by atoms with Crippen molar-refractivity contribution in [3.63, 3.8) is 0 Å². The zero-order valence-electron chi connectivity index (χ0n) is 10.4. The highest BCUT2D eigenvalue weighted by Gasteiger charge is 2.15. The van der Waals surface area contributed by atoms with Crippen LogP contribution in [-0.2, 0) is 0 Å². The lowest BCUT2D eigenvalue weighted by molar-refractivity contribution is 0.0938. The molecule has 1 unspecified atom stereocenters. The van der Waals surface area contributed by atoms with E-state index in [1.807, 2.05) is 13.8 Å². The van der Waals surface area contributed by atoms with Crippen LogP contribution < -0.4 is 11.1 Å². The van der Waals surface area contributed by atoms with Crippen LogP contribution in [0, 0.1) is 18.3 Å². The van der Waals surface area contributed by atoms with Gasteiger partial charge in [0, 0.05) is 11.1 Å². The van der Waals surface area contributed by atoms with Gasteiger partial charge < -0.3 is 11.1 Å².